The summed E-state index contributed by atoms with van der Waals surface area (Å²) in [5, 5.41) is 40.2. The second-order valence-electron chi connectivity index (χ2n) is 5.40. The van der Waals surface area contributed by atoms with Crippen LogP contribution in [0.4, 0.5) is 4.79 Å². The van der Waals surface area contributed by atoms with E-state index in [1.54, 1.807) is 20.8 Å². The first-order chi connectivity index (χ1) is 8.65. The molecule has 0 aromatic heterocycles. The fourth-order valence-corrected chi connectivity index (χ4v) is 1.70. The van der Waals surface area contributed by atoms with Crippen molar-refractivity contribution in [3.8, 4) is 0 Å². The Labute approximate surface area is 110 Å². The molecule has 112 valence electrons. The molecule has 2 unspecified atom stereocenters. The van der Waals surface area contributed by atoms with Crippen LogP contribution >= 0.6 is 0 Å². The Hall–Kier alpha value is -0.930. The molecule has 1 aliphatic heterocycles. The first-order valence-electron chi connectivity index (χ1n) is 5.95. The maximum atomic E-state index is 11.5. The number of nitrogens with one attached hydrogen (secondary N) is 1. The standard InChI is InChI=1S/C11H21NO7/c1-11(2,3)19-10(17)12-6-8(15)7(14)5(4-13)18-9(6)16/h5-9,13-16H,4H2,1-3H3,(H,12,17)/t5?,6-,7+,8?,9+/m0/s1. The van der Waals surface area contributed by atoms with E-state index in [2.05, 4.69) is 5.32 Å². The SMILES string of the molecule is CC(C)(C)OC(=O)N[C@H]1C(O)[C@H](O)C(CO)O[C@H]1O. The summed E-state index contributed by atoms with van der Waals surface area (Å²) in [4.78, 5) is 11.5. The maximum absolute atomic E-state index is 11.5. The number of rotatable bonds is 2. The molecule has 0 aromatic rings. The Morgan fingerprint density at radius 2 is 1.84 bits per heavy atom. The lowest BCUT2D eigenvalue weighted by molar-refractivity contribution is -0.253. The van der Waals surface area contributed by atoms with Crippen molar-refractivity contribution in [2.75, 3.05) is 6.61 Å². The number of alkyl carbamates (subject to hydrolysis) is 1. The Balaban J connectivity index is 2.65. The number of hydrogen-bond acceptors (Lipinski definition) is 7. The molecule has 1 saturated heterocycles. The summed E-state index contributed by atoms with van der Waals surface area (Å²) in [5.74, 6) is 0. The molecule has 8 heteroatoms. The van der Waals surface area contributed by atoms with Crippen molar-refractivity contribution in [2.45, 2.75) is 57.0 Å². The highest BCUT2D eigenvalue weighted by Crippen LogP contribution is 2.20. The summed E-state index contributed by atoms with van der Waals surface area (Å²) in [6.07, 6.45) is -6.42. The molecular weight excluding hydrogens is 258 g/mol. The number of aliphatic hydroxyl groups excluding tert-OH is 4. The van der Waals surface area contributed by atoms with Crippen LogP contribution in [0.25, 0.3) is 0 Å². The molecule has 0 bridgehead atoms. The number of hydrogen-bond donors (Lipinski definition) is 5. The average Bonchev–Trinajstić information content (AvgIpc) is 2.27. The molecule has 0 spiro atoms. The second kappa shape index (κ2) is 6.02. The second-order valence-corrected chi connectivity index (χ2v) is 5.40. The van der Waals surface area contributed by atoms with Crippen molar-refractivity contribution in [2.24, 2.45) is 0 Å². The zero-order valence-electron chi connectivity index (χ0n) is 11.1. The Morgan fingerprint density at radius 3 is 2.32 bits per heavy atom. The van der Waals surface area contributed by atoms with Crippen LogP contribution in [0.15, 0.2) is 0 Å². The largest absolute Gasteiger partial charge is 0.444 e. The number of carbonyl (C=O) groups is 1. The van der Waals surface area contributed by atoms with Crippen molar-refractivity contribution < 1.29 is 34.7 Å². The lowest BCUT2D eigenvalue weighted by atomic mass is 9.97. The summed E-state index contributed by atoms with van der Waals surface area (Å²) >= 11 is 0. The molecule has 1 amide bonds. The number of amides is 1. The minimum atomic E-state index is -1.55. The molecule has 1 heterocycles. The van der Waals surface area contributed by atoms with Gasteiger partial charge in [-0.2, -0.15) is 0 Å². The minimum absolute atomic E-state index is 0.561. The van der Waals surface area contributed by atoms with Gasteiger partial charge in [0.05, 0.1) is 6.61 Å². The fraction of sp³-hybridized carbons (Fsp3) is 0.909. The first kappa shape index (κ1) is 16.1. The van der Waals surface area contributed by atoms with Gasteiger partial charge in [0.2, 0.25) is 0 Å². The Kier molecular flexibility index (Phi) is 5.11. The van der Waals surface area contributed by atoms with Gasteiger partial charge in [-0.1, -0.05) is 0 Å². The third-order valence-electron chi connectivity index (χ3n) is 2.58. The average molecular weight is 279 g/mol. The topological polar surface area (TPSA) is 128 Å². The quantitative estimate of drug-likeness (QED) is 0.408. The summed E-state index contributed by atoms with van der Waals surface area (Å²) in [7, 11) is 0. The van der Waals surface area contributed by atoms with E-state index in [4.69, 9.17) is 14.6 Å². The molecule has 1 aliphatic rings. The normalized spacial score (nSPS) is 35.8. The van der Waals surface area contributed by atoms with Crippen LogP contribution in [0.1, 0.15) is 20.8 Å². The van der Waals surface area contributed by atoms with E-state index in [9.17, 15) is 20.1 Å². The third-order valence-corrected chi connectivity index (χ3v) is 2.58. The number of aliphatic hydroxyl groups is 4. The molecule has 5 N–H and O–H groups in total. The predicted octanol–water partition coefficient (Wildman–Crippen LogP) is -1.69. The zero-order chi connectivity index (χ0) is 14.8. The summed E-state index contributed by atoms with van der Waals surface area (Å²) in [5.41, 5.74) is -0.734. The fourth-order valence-electron chi connectivity index (χ4n) is 1.70. The van der Waals surface area contributed by atoms with Gasteiger partial charge in [-0.25, -0.2) is 4.79 Å². The predicted molar refractivity (Wildman–Crippen MR) is 63.1 cm³/mol. The first-order valence-corrected chi connectivity index (χ1v) is 5.95. The molecule has 1 fully saturated rings. The van der Waals surface area contributed by atoms with Gasteiger partial charge in [0, 0.05) is 0 Å². The summed E-state index contributed by atoms with van der Waals surface area (Å²) in [6.45, 7) is 4.42. The van der Waals surface area contributed by atoms with Crippen LogP contribution < -0.4 is 5.32 Å². The zero-order valence-corrected chi connectivity index (χ0v) is 11.1. The van der Waals surface area contributed by atoms with E-state index in [0.717, 1.165) is 0 Å². The third kappa shape index (κ3) is 4.29. The van der Waals surface area contributed by atoms with Gasteiger partial charge in [-0.05, 0) is 20.8 Å². The summed E-state index contributed by atoms with van der Waals surface area (Å²) < 4.78 is 9.85. The highest BCUT2D eigenvalue weighted by atomic mass is 16.6. The van der Waals surface area contributed by atoms with Gasteiger partial charge in [0.15, 0.2) is 6.29 Å². The van der Waals surface area contributed by atoms with E-state index >= 15 is 0 Å². The van der Waals surface area contributed by atoms with Crippen LogP contribution in [-0.2, 0) is 9.47 Å². The molecule has 0 aromatic carbocycles. The number of ether oxygens (including phenoxy) is 2. The van der Waals surface area contributed by atoms with Crippen molar-refractivity contribution in [3.63, 3.8) is 0 Å². The highest BCUT2D eigenvalue weighted by Gasteiger charge is 2.44. The van der Waals surface area contributed by atoms with E-state index in [-0.39, 0.29) is 0 Å². The lowest BCUT2D eigenvalue weighted by Crippen LogP contribution is -2.64. The van der Waals surface area contributed by atoms with Gasteiger partial charge < -0.3 is 35.2 Å². The van der Waals surface area contributed by atoms with Crippen LogP contribution in [0, 0.1) is 0 Å². The molecule has 19 heavy (non-hydrogen) atoms. The van der Waals surface area contributed by atoms with E-state index in [0.29, 0.717) is 0 Å². The van der Waals surface area contributed by atoms with Gasteiger partial charge in [0.1, 0.15) is 30.0 Å². The molecule has 0 aliphatic carbocycles. The van der Waals surface area contributed by atoms with E-state index in [1.807, 2.05) is 0 Å². The monoisotopic (exact) mass is 279 g/mol. The highest BCUT2D eigenvalue weighted by molar-refractivity contribution is 5.68. The Morgan fingerprint density at radius 1 is 1.26 bits per heavy atom. The molecule has 0 radical (unpaired) electrons. The Bertz CT molecular complexity index is 317. The van der Waals surface area contributed by atoms with Gasteiger partial charge in [-0.3, -0.25) is 0 Å². The molecular formula is C11H21NO7. The van der Waals surface area contributed by atoms with Crippen LogP contribution in [-0.4, -0.2) is 69.4 Å². The van der Waals surface area contributed by atoms with Crippen LogP contribution in [0.2, 0.25) is 0 Å². The summed E-state index contributed by atoms with van der Waals surface area (Å²) in [6, 6.07) is -1.24. The van der Waals surface area contributed by atoms with Crippen molar-refractivity contribution in [1.82, 2.24) is 5.32 Å². The van der Waals surface area contributed by atoms with Gasteiger partial charge in [-0.15, -0.1) is 0 Å². The molecule has 0 saturated carbocycles. The van der Waals surface area contributed by atoms with E-state index in [1.165, 1.54) is 0 Å². The van der Waals surface area contributed by atoms with Gasteiger partial charge >= 0.3 is 6.09 Å². The van der Waals surface area contributed by atoms with Gasteiger partial charge in [0.25, 0.3) is 0 Å². The van der Waals surface area contributed by atoms with Crippen molar-refractivity contribution in [1.29, 1.82) is 0 Å². The smallest absolute Gasteiger partial charge is 0.408 e. The number of carbonyl (C=O) groups excluding carboxylic acids is 1. The van der Waals surface area contributed by atoms with Crippen LogP contribution in [0.5, 0.6) is 0 Å². The molecule has 8 nitrogen and oxygen atoms in total. The van der Waals surface area contributed by atoms with Crippen molar-refractivity contribution in [3.05, 3.63) is 0 Å². The maximum Gasteiger partial charge on any atom is 0.408 e. The van der Waals surface area contributed by atoms with Crippen molar-refractivity contribution >= 4 is 6.09 Å². The lowest BCUT2D eigenvalue weighted by Gasteiger charge is -2.40. The molecule has 1 rings (SSSR count). The minimum Gasteiger partial charge on any atom is -0.444 e. The van der Waals surface area contributed by atoms with Crippen LogP contribution in [0.3, 0.4) is 0 Å². The molecule has 5 atom stereocenters. The van der Waals surface area contributed by atoms with E-state index < -0.39 is 48.9 Å².